The summed E-state index contributed by atoms with van der Waals surface area (Å²) in [4.78, 5) is 13.6. The number of phenolic OH excluding ortho intramolecular Hbond substituents is 1. The molecule has 5 aromatic rings. The van der Waals surface area contributed by atoms with Gasteiger partial charge in [0.15, 0.2) is 0 Å². The maximum atomic E-state index is 10.3. The Bertz CT molecular complexity index is 1470. The molecule has 0 amide bonds. The third-order valence-electron chi connectivity index (χ3n) is 5.83. The van der Waals surface area contributed by atoms with E-state index < -0.39 is 0 Å². The molecule has 0 spiro atoms. The molecule has 0 aliphatic carbocycles. The van der Waals surface area contributed by atoms with Crippen LogP contribution in [0.3, 0.4) is 0 Å². The average molecular weight is 611 g/mol. The molecule has 3 aromatic carbocycles. The number of hydrogen-bond donors (Lipinski definition) is 1. The molecule has 6 heteroatoms. The number of aromatic hydroxyl groups is 1. The van der Waals surface area contributed by atoms with Gasteiger partial charge < -0.3 is 14.9 Å². The summed E-state index contributed by atoms with van der Waals surface area (Å²) in [5.41, 5.74) is 6.26. The molecule has 0 unspecified atom stereocenters. The number of phenols is 1. The summed E-state index contributed by atoms with van der Waals surface area (Å²) in [5.74, 6) is 0.998. The van der Waals surface area contributed by atoms with Crippen LogP contribution in [-0.4, -0.2) is 22.1 Å². The van der Waals surface area contributed by atoms with E-state index in [2.05, 4.69) is 46.1 Å². The zero-order valence-electron chi connectivity index (χ0n) is 17.7. The monoisotopic (exact) mass is 610 g/mol. The van der Waals surface area contributed by atoms with E-state index in [1.54, 1.807) is 12.3 Å². The van der Waals surface area contributed by atoms with Gasteiger partial charge in [-0.3, -0.25) is 4.98 Å². The van der Waals surface area contributed by atoms with Crippen molar-refractivity contribution < 1.29 is 26.2 Å². The van der Waals surface area contributed by atoms with Gasteiger partial charge in [-0.1, -0.05) is 42.5 Å². The van der Waals surface area contributed by atoms with Crippen LogP contribution >= 0.6 is 0 Å². The fraction of sp³-hybridized carbons (Fsp3) is 0.0370. The van der Waals surface area contributed by atoms with Gasteiger partial charge in [0.1, 0.15) is 17.1 Å². The van der Waals surface area contributed by atoms with Crippen molar-refractivity contribution in [1.29, 1.82) is 0 Å². The summed E-state index contributed by atoms with van der Waals surface area (Å²) in [7, 11) is 2.06. The Balaban J connectivity index is 0.00000228. The quantitative estimate of drug-likeness (QED) is 0.236. The second-order valence-corrected chi connectivity index (χ2v) is 7.72. The first-order chi connectivity index (χ1) is 15.7. The molecule has 3 heterocycles. The largest absolute Gasteiger partial charge is 0.506 e. The van der Waals surface area contributed by atoms with Crippen LogP contribution in [0.15, 0.2) is 91.1 Å². The summed E-state index contributed by atoms with van der Waals surface area (Å²) in [6, 6.07) is 31.2. The van der Waals surface area contributed by atoms with E-state index in [0.29, 0.717) is 5.52 Å². The van der Waals surface area contributed by atoms with Gasteiger partial charge in [0.2, 0.25) is 0 Å². The van der Waals surface area contributed by atoms with E-state index in [-0.39, 0.29) is 26.8 Å². The van der Waals surface area contributed by atoms with Gasteiger partial charge in [0.25, 0.3) is 0 Å². The van der Waals surface area contributed by atoms with Gasteiger partial charge in [0.05, 0.1) is 11.4 Å². The second-order valence-electron chi connectivity index (χ2n) is 7.72. The molecule has 1 N–H and O–H groups in total. The summed E-state index contributed by atoms with van der Waals surface area (Å²) in [6.45, 7) is 0. The van der Waals surface area contributed by atoms with Gasteiger partial charge in [-0.15, -0.1) is 23.8 Å². The Morgan fingerprint density at radius 3 is 2.42 bits per heavy atom. The molecule has 0 radical (unpaired) electrons. The topological polar surface area (TPSA) is 52.5 Å². The van der Waals surface area contributed by atoms with Crippen LogP contribution in [0.1, 0.15) is 0 Å². The Morgan fingerprint density at radius 2 is 1.61 bits per heavy atom. The Hall–Kier alpha value is -3.69. The fourth-order valence-corrected chi connectivity index (χ4v) is 4.26. The van der Waals surface area contributed by atoms with Crippen molar-refractivity contribution in [3.63, 3.8) is 0 Å². The molecule has 0 fully saturated rings. The minimum Gasteiger partial charge on any atom is -0.506 e. The van der Waals surface area contributed by atoms with Crippen molar-refractivity contribution in [3.05, 3.63) is 97.2 Å². The number of aromatic nitrogens is 2. The molecule has 5 nitrogen and oxygen atoms in total. The second kappa shape index (κ2) is 8.34. The molecule has 2 aromatic heterocycles. The third-order valence-corrected chi connectivity index (χ3v) is 5.83. The summed E-state index contributed by atoms with van der Waals surface area (Å²) in [6.07, 6.45) is 1.80. The molecule has 0 saturated heterocycles. The SMILES string of the molecule is CN1c2ccc(-c3ccc4cccc(O)c4n3)[c-]c2N(c2ccccn2)c2ccccc21.[Pt]. The molecule has 1 aliphatic rings. The normalized spacial score (nSPS) is 12.2. The van der Waals surface area contributed by atoms with E-state index in [1.165, 1.54) is 0 Å². The molecule has 1 aliphatic heterocycles. The molecule has 0 saturated carbocycles. The number of nitrogens with zero attached hydrogens (tertiary/aromatic N) is 4. The molecule has 0 bridgehead atoms. The average Bonchev–Trinajstić information content (AvgIpc) is 2.85. The number of pyridine rings is 2. The molecule has 33 heavy (non-hydrogen) atoms. The van der Waals surface area contributed by atoms with Gasteiger partial charge in [-0.25, -0.2) is 4.98 Å². The zero-order valence-corrected chi connectivity index (χ0v) is 20.0. The molecule has 0 atom stereocenters. The Morgan fingerprint density at radius 1 is 0.788 bits per heavy atom. The van der Waals surface area contributed by atoms with E-state index in [1.807, 2.05) is 60.7 Å². The maximum absolute atomic E-state index is 10.3. The molecular weight excluding hydrogens is 591 g/mol. The Labute approximate surface area is 206 Å². The van der Waals surface area contributed by atoms with E-state index in [4.69, 9.17) is 4.98 Å². The van der Waals surface area contributed by atoms with Crippen molar-refractivity contribution in [3.8, 4) is 17.0 Å². The number of anilines is 5. The Kier molecular flexibility index (Phi) is 5.35. The van der Waals surface area contributed by atoms with Gasteiger partial charge >= 0.3 is 0 Å². The molecule has 164 valence electrons. The standard InChI is InChI=1S/C27H19N4O.Pt/c1-30-21-8-2-3-9-23(21)31(26-11-4-5-16-28-26)24-17-19(13-15-22(24)30)20-14-12-18-7-6-10-25(32)27(18)29-20;/h2-16,32H,1H3;/q-1;. The van der Waals surface area contributed by atoms with Crippen molar-refractivity contribution in [2.45, 2.75) is 0 Å². The number of rotatable bonds is 2. The smallest absolute Gasteiger partial charge is 0.140 e. The first-order valence-electron chi connectivity index (χ1n) is 10.4. The van der Waals surface area contributed by atoms with Crippen LogP contribution in [0, 0.1) is 6.07 Å². The van der Waals surface area contributed by atoms with Crippen molar-refractivity contribution in [2.75, 3.05) is 16.8 Å². The van der Waals surface area contributed by atoms with Crippen LogP contribution in [-0.2, 0) is 21.1 Å². The van der Waals surface area contributed by atoms with Crippen molar-refractivity contribution in [1.82, 2.24) is 9.97 Å². The number of para-hydroxylation sites is 3. The van der Waals surface area contributed by atoms with Crippen LogP contribution in [0.25, 0.3) is 22.2 Å². The zero-order chi connectivity index (χ0) is 21.7. The van der Waals surface area contributed by atoms with Gasteiger partial charge in [0, 0.05) is 39.7 Å². The van der Waals surface area contributed by atoms with Crippen molar-refractivity contribution >= 4 is 39.5 Å². The van der Waals surface area contributed by atoms with E-state index in [0.717, 1.165) is 45.2 Å². The summed E-state index contributed by atoms with van der Waals surface area (Å²) >= 11 is 0. The van der Waals surface area contributed by atoms with Gasteiger partial charge in [-0.2, -0.15) is 0 Å². The number of hydrogen-bond acceptors (Lipinski definition) is 5. The maximum Gasteiger partial charge on any atom is 0.140 e. The predicted octanol–water partition coefficient (Wildman–Crippen LogP) is 6.35. The van der Waals surface area contributed by atoms with E-state index in [9.17, 15) is 5.11 Å². The van der Waals surface area contributed by atoms with Crippen molar-refractivity contribution in [2.24, 2.45) is 0 Å². The summed E-state index contributed by atoms with van der Waals surface area (Å²) in [5, 5.41) is 11.2. The van der Waals surface area contributed by atoms with Crippen LogP contribution < -0.4 is 9.80 Å². The van der Waals surface area contributed by atoms with Gasteiger partial charge in [-0.05, 0) is 47.4 Å². The first kappa shape index (κ1) is 21.2. The van der Waals surface area contributed by atoms with Crippen LogP contribution in [0.4, 0.5) is 28.6 Å². The molecule has 6 rings (SSSR count). The fourth-order valence-electron chi connectivity index (χ4n) is 4.26. The van der Waals surface area contributed by atoms with E-state index >= 15 is 0 Å². The minimum absolute atomic E-state index is 0. The number of benzene rings is 3. The number of fused-ring (bicyclic) bond motifs is 3. The molecular formula is C27H19N4OPt-. The third kappa shape index (κ3) is 3.45. The predicted molar refractivity (Wildman–Crippen MR) is 128 cm³/mol. The summed E-state index contributed by atoms with van der Waals surface area (Å²) < 4.78 is 0. The van der Waals surface area contributed by atoms with Crippen LogP contribution in [0.2, 0.25) is 0 Å². The first-order valence-corrected chi connectivity index (χ1v) is 10.4. The van der Waals surface area contributed by atoms with Crippen LogP contribution in [0.5, 0.6) is 5.75 Å². The minimum atomic E-state index is 0.